The van der Waals surface area contributed by atoms with Gasteiger partial charge in [-0.25, -0.2) is 4.98 Å². The molecule has 0 radical (unpaired) electrons. The lowest BCUT2D eigenvalue weighted by Gasteiger charge is -2.34. The second-order valence-electron chi connectivity index (χ2n) is 9.58. The van der Waals surface area contributed by atoms with E-state index in [4.69, 9.17) is 0 Å². The molecule has 3 aromatic heterocycles. The Morgan fingerprint density at radius 1 is 1.03 bits per heavy atom. The number of pyridine rings is 1. The summed E-state index contributed by atoms with van der Waals surface area (Å²) in [7, 11) is 0. The van der Waals surface area contributed by atoms with Gasteiger partial charge in [-0.1, -0.05) is 6.07 Å². The van der Waals surface area contributed by atoms with Crippen LogP contribution >= 0.6 is 11.3 Å². The highest BCUT2D eigenvalue weighted by molar-refractivity contribution is 7.13. The number of fused-ring (bicyclic) bond motifs is 1. The summed E-state index contributed by atoms with van der Waals surface area (Å²) in [5.41, 5.74) is 2.99. The second-order valence-corrected chi connectivity index (χ2v) is 10.4. The van der Waals surface area contributed by atoms with Gasteiger partial charge in [0.15, 0.2) is 5.78 Å². The Morgan fingerprint density at radius 3 is 2.59 bits per heavy atom. The van der Waals surface area contributed by atoms with Crippen molar-refractivity contribution in [3.63, 3.8) is 0 Å². The maximum absolute atomic E-state index is 12.9. The Labute approximate surface area is 217 Å². The molecule has 0 N–H and O–H groups in total. The summed E-state index contributed by atoms with van der Waals surface area (Å²) in [5.74, 6) is 0.399. The number of Topliss-reactive ketones (excluding diaryl/α,β-unsaturated/α-hetero) is 1. The summed E-state index contributed by atoms with van der Waals surface area (Å²) in [6.45, 7) is 2.47. The van der Waals surface area contributed by atoms with Crippen molar-refractivity contribution in [3.8, 4) is 10.6 Å². The van der Waals surface area contributed by atoms with Crippen LogP contribution in [0.3, 0.4) is 0 Å². The standard InChI is InChI=1S/C27H26N6O3S/c34-24(23-17-37-26(29-23)20-2-1-7-28-14-20)13-18-3-6-22-21(12-18)15-33(30-22)16-25(35)31-8-10-32(11-9-31)27(36)19-4-5-19/h1-3,6-7,12,14-15,17,19H,4-5,8-11,13,16H2. The molecule has 2 aliphatic rings. The van der Waals surface area contributed by atoms with E-state index in [0.29, 0.717) is 31.9 Å². The molecule has 2 fully saturated rings. The molecule has 9 nitrogen and oxygen atoms in total. The lowest BCUT2D eigenvalue weighted by atomic mass is 10.1. The van der Waals surface area contributed by atoms with Crippen molar-refractivity contribution in [3.05, 3.63) is 65.6 Å². The molecule has 0 atom stereocenters. The summed E-state index contributed by atoms with van der Waals surface area (Å²) in [6.07, 6.45) is 7.52. The molecule has 0 spiro atoms. The smallest absolute Gasteiger partial charge is 0.244 e. The zero-order valence-corrected chi connectivity index (χ0v) is 21.1. The lowest BCUT2D eigenvalue weighted by molar-refractivity contribution is -0.140. The molecule has 6 rings (SSSR count). The summed E-state index contributed by atoms with van der Waals surface area (Å²) >= 11 is 1.43. The van der Waals surface area contributed by atoms with Crippen LogP contribution in [-0.2, 0) is 22.6 Å². The molecule has 1 aliphatic heterocycles. The van der Waals surface area contributed by atoms with Crippen LogP contribution < -0.4 is 0 Å². The number of rotatable bonds is 7. The first kappa shape index (κ1) is 23.5. The molecule has 0 bridgehead atoms. The van der Waals surface area contributed by atoms with E-state index < -0.39 is 0 Å². The Kier molecular flexibility index (Phi) is 6.25. The fraction of sp³-hybridized carbons (Fsp3) is 0.333. The van der Waals surface area contributed by atoms with E-state index in [9.17, 15) is 14.4 Å². The second kappa shape index (κ2) is 9.85. The average Bonchev–Trinajstić information content (AvgIpc) is 3.51. The molecule has 1 saturated heterocycles. The summed E-state index contributed by atoms with van der Waals surface area (Å²) < 4.78 is 1.65. The van der Waals surface area contributed by atoms with E-state index in [-0.39, 0.29) is 36.5 Å². The van der Waals surface area contributed by atoms with Crippen molar-refractivity contribution < 1.29 is 14.4 Å². The Hall–Kier alpha value is -3.92. The van der Waals surface area contributed by atoms with Crippen LogP contribution in [0.2, 0.25) is 0 Å². The molecule has 10 heteroatoms. The first-order valence-corrected chi connectivity index (χ1v) is 13.3. The number of piperazine rings is 1. The highest BCUT2D eigenvalue weighted by atomic mass is 32.1. The van der Waals surface area contributed by atoms with Crippen molar-refractivity contribution >= 4 is 39.8 Å². The third kappa shape index (κ3) is 5.15. The number of ketones is 1. The third-order valence-electron chi connectivity index (χ3n) is 6.85. The van der Waals surface area contributed by atoms with E-state index >= 15 is 0 Å². The monoisotopic (exact) mass is 514 g/mol. The van der Waals surface area contributed by atoms with Gasteiger partial charge in [0.05, 0.1) is 5.52 Å². The largest absolute Gasteiger partial charge is 0.339 e. The number of aromatic nitrogens is 4. The van der Waals surface area contributed by atoms with Gasteiger partial charge in [-0.2, -0.15) is 5.10 Å². The predicted octanol–water partition coefficient (Wildman–Crippen LogP) is 3.06. The number of hydrogen-bond donors (Lipinski definition) is 0. The van der Waals surface area contributed by atoms with Gasteiger partial charge in [-0.05, 0) is 42.7 Å². The van der Waals surface area contributed by atoms with Crippen LogP contribution in [-0.4, -0.2) is 73.3 Å². The number of carbonyl (C=O) groups is 3. The number of thiazole rings is 1. The fourth-order valence-electron chi connectivity index (χ4n) is 4.62. The zero-order valence-electron chi connectivity index (χ0n) is 20.2. The highest BCUT2D eigenvalue weighted by Gasteiger charge is 2.35. The van der Waals surface area contributed by atoms with Crippen molar-refractivity contribution in [2.75, 3.05) is 26.2 Å². The first-order chi connectivity index (χ1) is 18.0. The topological polar surface area (TPSA) is 101 Å². The summed E-state index contributed by atoms with van der Waals surface area (Å²) in [6, 6.07) is 9.48. The predicted molar refractivity (Wildman–Crippen MR) is 139 cm³/mol. The average molecular weight is 515 g/mol. The fourth-order valence-corrected chi connectivity index (χ4v) is 5.44. The van der Waals surface area contributed by atoms with Crippen LogP contribution in [0, 0.1) is 5.92 Å². The zero-order chi connectivity index (χ0) is 25.4. The summed E-state index contributed by atoms with van der Waals surface area (Å²) in [4.78, 5) is 50.3. The molecule has 4 heterocycles. The molecular formula is C27H26N6O3S. The van der Waals surface area contributed by atoms with E-state index in [0.717, 1.165) is 39.9 Å². The molecule has 4 aromatic rings. The van der Waals surface area contributed by atoms with Crippen LogP contribution in [0.25, 0.3) is 21.5 Å². The SMILES string of the molecule is O=C(Cc1ccc2nn(CC(=O)N3CCN(C(=O)C4CC4)CC3)cc2c1)c1csc(-c2cccnc2)n1. The van der Waals surface area contributed by atoms with Crippen LogP contribution in [0.5, 0.6) is 0 Å². The minimum Gasteiger partial charge on any atom is -0.339 e. The van der Waals surface area contributed by atoms with E-state index in [2.05, 4.69) is 15.1 Å². The van der Waals surface area contributed by atoms with Gasteiger partial charge in [-0.3, -0.25) is 24.0 Å². The van der Waals surface area contributed by atoms with Gasteiger partial charge in [0.2, 0.25) is 11.8 Å². The van der Waals surface area contributed by atoms with Gasteiger partial charge in [-0.15, -0.1) is 11.3 Å². The minimum atomic E-state index is -0.0485. The maximum atomic E-state index is 12.9. The van der Waals surface area contributed by atoms with Crippen molar-refractivity contribution in [2.24, 2.45) is 5.92 Å². The normalized spacial score (nSPS) is 15.8. The molecule has 1 aromatic carbocycles. The minimum absolute atomic E-state index is 0.00493. The number of amides is 2. The molecule has 1 saturated carbocycles. The highest BCUT2D eigenvalue weighted by Crippen LogP contribution is 2.31. The van der Waals surface area contributed by atoms with E-state index in [1.54, 1.807) is 27.4 Å². The van der Waals surface area contributed by atoms with Gasteiger partial charge >= 0.3 is 0 Å². The van der Waals surface area contributed by atoms with Crippen molar-refractivity contribution in [1.29, 1.82) is 0 Å². The lowest BCUT2D eigenvalue weighted by Crippen LogP contribution is -2.51. The molecule has 2 amide bonds. The summed E-state index contributed by atoms with van der Waals surface area (Å²) in [5, 5.41) is 7.98. The van der Waals surface area contributed by atoms with Gasteiger partial charge in [0.1, 0.15) is 17.2 Å². The van der Waals surface area contributed by atoms with Crippen LogP contribution in [0.4, 0.5) is 0 Å². The van der Waals surface area contributed by atoms with Gasteiger partial charge < -0.3 is 9.80 Å². The Morgan fingerprint density at radius 2 is 1.84 bits per heavy atom. The van der Waals surface area contributed by atoms with Gasteiger partial charge in [0.25, 0.3) is 0 Å². The number of hydrogen-bond acceptors (Lipinski definition) is 7. The third-order valence-corrected chi connectivity index (χ3v) is 7.74. The molecular weight excluding hydrogens is 488 g/mol. The quantitative estimate of drug-likeness (QED) is 0.352. The van der Waals surface area contributed by atoms with Crippen LogP contribution in [0.1, 0.15) is 28.9 Å². The number of benzene rings is 1. The van der Waals surface area contributed by atoms with Crippen molar-refractivity contribution in [1.82, 2.24) is 29.5 Å². The van der Waals surface area contributed by atoms with Crippen molar-refractivity contribution in [2.45, 2.75) is 25.8 Å². The molecule has 188 valence electrons. The molecule has 37 heavy (non-hydrogen) atoms. The van der Waals surface area contributed by atoms with E-state index in [1.165, 1.54) is 11.3 Å². The Balaban J connectivity index is 1.07. The molecule has 1 aliphatic carbocycles. The van der Waals surface area contributed by atoms with E-state index in [1.807, 2.05) is 41.4 Å². The van der Waals surface area contributed by atoms with Crippen LogP contribution in [0.15, 0.2) is 54.3 Å². The molecule has 0 unspecified atom stereocenters. The van der Waals surface area contributed by atoms with Gasteiger partial charge in [0, 0.05) is 73.4 Å². The number of carbonyl (C=O) groups excluding carboxylic acids is 3. The first-order valence-electron chi connectivity index (χ1n) is 12.5. The Bertz CT molecular complexity index is 1470. The number of nitrogens with zero attached hydrogens (tertiary/aromatic N) is 6. The maximum Gasteiger partial charge on any atom is 0.244 e.